The van der Waals surface area contributed by atoms with Gasteiger partial charge in [-0.3, -0.25) is 0 Å². The average molecular weight is 328 g/mol. The molecule has 0 atom stereocenters. The van der Waals surface area contributed by atoms with Gasteiger partial charge >= 0.3 is 0 Å². The number of benzene rings is 3. The van der Waals surface area contributed by atoms with Gasteiger partial charge in [-0.15, -0.1) is 0 Å². The van der Waals surface area contributed by atoms with Crippen molar-refractivity contribution in [2.24, 2.45) is 0 Å². The van der Waals surface area contributed by atoms with Gasteiger partial charge in [0.05, 0.1) is 6.61 Å². The Morgan fingerprint density at radius 3 is 1.68 bits per heavy atom. The van der Waals surface area contributed by atoms with E-state index in [4.69, 9.17) is 4.74 Å². The molecule has 0 aliphatic heterocycles. The summed E-state index contributed by atoms with van der Waals surface area (Å²) in [6.45, 7) is 4.92. The van der Waals surface area contributed by atoms with Gasteiger partial charge in [-0.25, -0.2) is 0 Å². The second-order valence-electron chi connectivity index (χ2n) is 5.90. The molecule has 3 aromatic rings. The first kappa shape index (κ1) is 17.0. The van der Waals surface area contributed by atoms with E-state index in [0.29, 0.717) is 6.61 Å². The summed E-state index contributed by atoms with van der Waals surface area (Å²) < 4.78 is 5.60. The lowest BCUT2D eigenvalue weighted by atomic mass is 9.88. The first-order valence-electron chi connectivity index (χ1n) is 8.90. The molecule has 0 aliphatic carbocycles. The Morgan fingerprint density at radius 1 is 0.640 bits per heavy atom. The molecule has 0 bridgehead atoms. The molecule has 1 nitrogen and oxygen atoms in total. The molecule has 3 rings (SSSR count). The third kappa shape index (κ3) is 4.00. The Hall–Kier alpha value is -2.80. The zero-order valence-electron chi connectivity index (χ0n) is 14.9. The number of rotatable bonds is 6. The number of hydrogen-bond donors (Lipinski definition) is 0. The molecule has 0 radical (unpaired) electrons. The van der Waals surface area contributed by atoms with Crippen LogP contribution in [0.2, 0.25) is 0 Å². The van der Waals surface area contributed by atoms with Crippen LogP contribution in [0.25, 0.3) is 11.1 Å². The highest BCUT2D eigenvalue weighted by atomic mass is 16.5. The molecule has 0 fully saturated rings. The third-order valence-corrected chi connectivity index (χ3v) is 4.29. The van der Waals surface area contributed by atoms with Crippen LogP contribution < -0.4 is 4.74 Å². The van der Waals surface area contributed by atoms with Crippen molar-refractivity contribution in [1.29, 1.82) is 0 Å². The van der Waals surface area contributed by atoms with Crippen molar-refractivity contribution < 1.29 is 4.74 Å². The molecule has 0 aromatic heterocycles. The van der Waals surface area contributed by atoms with E-state index >= 15 is 0 Å². The van der Waals surface area contributed by atoms with Crippen LogP contribution in [0.15, 0.2) is 84.9 Å². The monoisotopic (exact) mass is 328 g/mol. The Balaban J connectivity index is 2.17. The van der Waals surface area contributed by atoms with Crippen LogP contribution in [0.5, 0.6) is 5.75 Å². The highest BCUT2D eigenvalue weighted by Crippen LogP contribution is 2.34. The van der Waals surface area contributed by atoms with Crippen LogP contribution in [-0.2, 0) is 0 Å². The van der Waals surface area contributed by atoms with Gasteiger partial charge in [-0.1, -0.05) is 79.7 Å². The fourth-order valence-corrected chi connectivity index (χ4v) is 3.17. The van der Waals surface area contributed by atoms with Crippen molar-refractivity contribution in [3.8, 4) is 5.75 Å². The Kier molecular flexibility index (Phi) is 5.69. The van der Waals surface area contributed by atoms with E-state index in [0.717, 1.165) is 12.2 Å². The van der Waals surface area contributed by atoms with Crippen LogP contribution >= 0.6 is 0 Å². The summed E-state index contributed by atoms with van der Waals surface area (Å²) in [5.41, 5.74) is 6.38. The largest absolute Gasteiger partial charge is 0.494 e. The van der Waals surface area contributed by atoms with Gasteiger partial charge in [0.2, 0.25) is 0 Å². The molecule has 0 N–H and O–H groups in total. The maximum absolute atomic E-state index is 5.60. The molecule has 0 heterocycles. The summed E-state index contributed by atoms with van der Waals surface area (Å²) in [4.78, 5) is 0. The topological polar surface area (TPSA) is 9.23 Å². The molecule has 0 unspecified atom stereocenters. The van der Waals surface area contributed by atoms with Gasteiger partial charge in [0, 0.05) is 0 Å². The van der Waals surface area contributed by atoms with Gasteiger partial charge in [0.15, 0.2) is 0 Å². The molecule has 0 aliphatic rings. The van der Waals surface area contributed by atoms with Crippen molar-refractivity contribution in [2.75, 3.05) is 6.61 Å². The summed E-state index contributed by atoms with van der Waals surface area (Å²) in [5.74, 6) is 0.913. The molecule has 3 aromatic carbocycles. The van der Waals surface area contributed by atoms with E-state index in [1.54, 1.807) is 0 Å². The first-order chi connectivity index (χ1) is 12.3. The van der Waals surface area contributed by atoms with Gasteiger partial charge in [0.1, 0.15) is 5.75 Å². The Bertz CT molecular complexity index is 815. The lowest BCUT2D eigenvalue weighted by Gasteiger charge is -2.16. The second-order valence-corrected chi connectivity index (χ2v) is 5.90. The van der Waals surface area contributed by atoms with Gasteiger partial charge in [-0.05, 0) is 53.3 Å². The Labute approximate surface area is 150 Å². The standard InChI is InChI=1S/C24H24O/c1-3-23(19-11-7-5-8-12-19)24(20-13-9-6-10-14-20)21-15-17-22(18-16-21)25-4-2/h5-18H,3-4H2,1-2H3/b24-23+. The maximum Gasteiger partial charge on any atom is 0.119 e. The Morgan fingerprint density at radius 2 is 1.16 bits per heavy atom. The van der Waals surface area contributed by atoms with Crippen LogP contribution in [0.3, 0.4) is 0 Å². The predicted octanol–water partition coefficient (Wildman–Crippen LogP) is 6.45. The summed E-state index contributed by atoms with van der Waals surface area (Å²) in [6.07, 6.45) is 0.974. The van der Waals surface area contributed by atoms with Crippen molar-refractivity contribution in [3.05, 3.63) is 102 Å². The van der Waals surface area contributed by atoms with Crippen molar-refractivity contribution in [3.63, 3.8) is 0 Å². The zero-order valence-corrected chi connectivity index (χ0v) is 14.9. The molecular formula is C24H24O. The number of hydrogen-bond acceptors (Lipinski definition) is 1. The van der Waals surface area contributed by atoms with Gasteiger partial charge in [-0.2, -0.15) is 0 Å². The van der Waals surface area contributed by atoms with E-state index in [2.05, 4.69) is 91.9 Å². The van der Waals surface area contributed by atoms with Crippen LogP contribution in [0.4, 0.5) is 0 Å². The van der Waals surface area contributed by atoms with Crippen molar-refractivity contribution in [1.82, 2.24) is 0 Å². The SMILES string of the molecule is CCOc1ccc(/C(=C(\CC)c2ccccc2)c2ccccc2)cc1. The highest BCUT2D eigenvalue weighted by Gasteiger charge is 2.12. The smallest absolute Gasteiger partial charge is 0.119 e. The highest BCUT2D eigenvalue weighted by molar-refractivity contribution is 5.98. The zero-order chi connectivity index (χ0) is 17.5. The van der Waals surface area contributed by atoms with Gasteiger partial charge < -0.3 is 4.74 Å². The van der Waals surface area contributed by atoms with Crippen molar-refractivity contribution in [2.45, 2.75) is 20.3 Å². The van der Waals surface area contributed by atoms with Crippen LogP contribution in [0, 0.1) is 0 Å². The summed E-state index contributed by atoms with van der Waals surface area (Å²) >= 11 is 0. The lowest BCUT2D eigenvalue weighted by molar-refractivity contribution is 0.340. The average Bonchev–Trinajstić information content (AvgIpc) is 2.68. The maximum atomic E-state index is 5.60. The lowest BCUT2D eigenvalue weighted by Crippen LogP contribution is -1.96. The molecule has 1 heteroatoms. The molecule has 0 saturated heterocycles. The minimum atomic E-state index is 0.685. The summed E-state index contributed by atoms with van der Waals surface area (Å²) in [5, 5.41) is 0. The predicted molar refractivity (Wildman–Crippen MR) is 107 cm³/mol. The van der Waals surface area contributed by atoms with E-state index in [1.807, 2.05) is 6.92 Å². The first-order valence-corrected chi connectivity index (χ1v) is 8.90. The van der Waals surface area contributed by atoms with E-state index in [-0.39, 0.29) is 0 Å². The fourth-order valence-electron chi connectivity index (χ4n) is 3.17. The van der Waals surface area contributed by atoms with E-state index in [1.165, 1.54) is 27.8 Å². The molecule has 126 valence electrons. The quantitative estimate of drug-likeness (QED) is 0.472. The minimum Gasteiger partial charge on any atom is -0.494 e. The summed E-state index contributed by atoms with van der Waals surface area (Å²) in [7, 11) is 0. The molecule has 0 saturated carbocycles. The second kappa shape index (κ2) is 8.34. The molecule has 0 spiro atoms. The van der Waals surface area contributed by atoms with Crippen LogP contribution in [-0.4, -0.2) is 6.61 Å². The third-order valence-electron chi connectivity index (χ3n) is 4.29. The fraction of sp³-hybridized carbons (Fsp3) is 0.167. The number of allylic oxidation sites excluding steroid dienone is 1. The van der Waals surface area contributed by atoms with E-state index in [9.17, 15) is 0 Å². The number of ether oxygens (including phenoxy) is 1. The van der Waals surface area contributed by atoms with Gasteiger partial charge in [0.25, 0.3) is 0 Å². The molecule has 0 amide bonds. The van der Waals surface area contributed by atoms with Crippen molar-refractivity contribution >= 4 is 11.1 Å². The summed E-state index contributed by atoms with van der Waals surface area (Å²) in [6, 6.07) is 29.7. The minimum absolute atomic E-state index is 0.685. The van der Waals surface area contributed by atoms with E-state index < -0.39 is 0 Å². The normalized spacial score (nSPS) is 11.8. The molecular weight excluding hydrogens is 304 g/mol. The molecule has 25 heavy (non-hydrogen) atoms. The van der Waals surface area contributed by atoms with Crippen LogP contribution in [0.1, 0.15) is 37.0 Å².